The first kappa shape index (κ1) is 15.7. The highest BCUT2D eigenvalue weighted by Gasteiger charge is 2.09. The van der Waals surface area contributed by atoms with Crippen LogP contribution in [-0.4, -0.2) is 6.61 Å². The summed E-state index contributed by atoms with van der Waals surface area (Å²) in [5, 5.41) is 17.7. The molecular weight excluding hydrogens is 231 g/mol. The van der Waals surface area contributed by atoms with Gasteiger partial charge in [-0.3, -0.25) is 0 Å². The Balaban J connectivity index is 0.00000137. The summed E-state index contributed by atoms with van der Waals surface area (Å²) in [6, 6.07) is 7.43. The minimum absolute atomic E-state index is 0.137. The third-order valence-electron chi connectivity index (χ3n) is 1.88. The molecule has 3 nitrogen and oxygen atoms in total. The van der Waals surface area contributed by atoms with E-state index in [-0.39, 0.29) is 16.7 Å². The van der Waals surface area contributed by atoms with Crippen molar-refractivity contribution in [2.75, 3.05) is 6.61 Å². The SMILES string of the molecule is CC.CCO/C=C(\C#N)c1cc(F)ccc1C#N. The van der Waals surface area contributed by atoms with Gasteiger partial charge >= 0.3 is 0 Å². The quantitative estimate of drug-likeness (QED) is 0.604. The lowest BCUT2D eigenvalue weighted by Crippen LogP contribution is -1.91. The smallest absolute Gasteiger partial charge is 0.123 e. The van der Waals surface area contributed by atoms with E-state index in [0.29, 0.717) is 6.61 Å². The molecule has 0 radical (unpaired) electrons. The molecule has 0 fully saturated rings. The molecule has 1 aromatic rings. The van der Waals surface area contributed by atoms with E-state index < -0.39 is 5.82 Å². The molecule has 4 heteroatoms. The molecule has 0 spiro atoms. The van der Waals surface area contributed by atoms with Crippen LogP contribution in [0, 0.1) is 28.5 Å². The van der Waals surface area contributed by atoms with Gasteiger partial charge in [-0.25, -0.2) is 4.39 Å². The van der Waals surface area contributed by atoms with Crippen LogP contribution in [0.4, 0.5) is 4.39 Å². The first-order valence-electron chi connectivity index (χ1n) is 5.64. The lowest BCUT2D eigenvalue weighted by Gasteiger charge is -2.02. The van der Waals surface area contributed by atoms with Gasteiger partial charge in [0.2, 0.25) is 0 Å². The first-order valence-corrected chi connectivity index (χ1v) is 5.64. The summed E-state index contributed by atoms with van der Waals surface area (Å²) in [5.41, 5.74) is 0.630. The molecular formula is C14H15FN2O. The fourth-order valence-electron chi connectivity index (χ4n) is 1.15. The predicted octanol–water partition coefficient (Wildman–Crippen LogP) is 3.62. The van der Waals surface area contributed by atoms with E-state index in [4.69, 9.17) is 15.3 Å². The van der Waals surface area contributed by atoms with Crippen LogP contribution >= 0.6 is 0 Å². The number of ether oxygens (including phenoxy) is 1. The Morgan fingerprint density at radius 2 is 2.06 bits per heavy atom. The van der Waals surface area contributed by atoms with Crippen molar-refractivity contribution in [3.8, 4) is 12.1 Å². The van der Waals surface area contributed by atoms with Crippen molar-refractivity contribution in [3.05, 3.63) is 41.4 Å². The second-order valence-corrected chi connectivity index (χ2v) is 2.90. The second kappa shape index (κ2) is 8.78. The minimum Gasteiger partial charge on any atom is -0.500 e. The topological polar surface area (TPSA) is 56.8 Å². The number of rotatable bonds is 3. The largest absolute Gasteiger partial charge is 0.500 e. The van der Waals surface area contributed by atoms with Crippen LogP contribution in [0.3, 0.4) is 0 Å². The summed E-state index contributed by atoms with van der Waals surface area (Å²) in [6.07, 6.45) is 1.23. The summed E-state index contributed by atoms with van der Waals surface area (Å²) in [5.74, 6) is -0.494. The van der Waals surface area contributed by atoms with Crippen molar-refractivity contribution in [1.29, 1.82) is 10.5 Å². The van der Waals surface area contributed by atoms with Gasteiger partial charge in [0.15, 0.2) is 0 Å². The number of hydrogen-bond donors (Lipinski definition) is 0. The van der Waals surface area contributed by atoms with E-state index >= 15 is 0 Å². The number of nitrogens with zero attached hydrogens (tertiary/aromatic N) is 2. The van der Waals surface area contributed by atoms with Crippen LogP contribution in [0.15, 0.2) is 24.5 Å². The average molecular weight is 246 g/mol. The monoisotopic (exact) mass is 246 g/mol. The van der Waals surface area contributed by atoms with Crippen molar-refractivity contribution in [3.63, 3.8) is 0 Å². The Hall–Kier alpha value is -2.33. The maximum absolute atomic E-state index is 13.0. The molecule has 0 aliphatic heterocycles. The molecule has 94 valence electrons. The highest BCUT2D eigenvalue weighted by Crippen LogP contribution is 2.19. The first-order chi connectivity index (χ1) is 8.72. The van der Waals surface area contributed by atoms with Crippen LogP contribution in [-0.2, 0) is 4.74 Å². The second-order valence-electron chi connectivity index (χ2n) is 2.90. The molecule has 0 aliphatic rings. The third kappa shape index (κ3) is 4.27. The Labute approximate surface area is 107 Å². The van der Waals surface area contributed by atoms with E-state index in [9.17, 15) is 4.39 Å². The summed E-state index contributed by atoms with van der Waals surface area (Å²) in [4.78, 5) is 0. The van der Waals surface area contributed by atoms with Gasteiger partial charge in [-0.15, -0.1) is 0 Å². The Kier molecular flexibility index (Phi) is 7.64. The zero-order valence-electron chi connectivity index (χ0n) is 10.7. The maximum Gasteiger partial charge on any atom is 0.123 e. The Morgan fingerprint density at radius 3 is 2.56 bits per heavy atom. The zero-order valence-corrected chi connectivity index (χ0v) is 10.7. The lowest BCUT2D eigenvalue weighted by atomic mass is 10.0. The van der Waals surface area contributed by atoms with Gasteiger partial charge < -0.3 is 4.74 Å². The lowest BCUT2D eigenvalue weighted by molar-refractivity contribution is 0.271. The molecule has 0 aliphatic carbocycles. The van der Waals surface area contributed by atoms with Gasteiger partial charge in [-0.2, -0.15) is 10.5 Å². The maximum atomic E-state index is 13.0. The highest BCUT2D eigenvalue weighted by molar-refractivity contribution is 5.79. The molecule has 0 saturated carbocycles. The number of allylic oxidation sites excluding steroid dienone is 1. The summed E-state index contributed by atoms with van der Waals surface area (Å²) in [6.45, 7) is 6.17. The Morgan fingerprint density at radius 1 is 1.39 bits per heavy atom. The van der Waals surface area contributed by atoms with Gasteiger partial charge in [-0.05, 0) is 25.1 Å². The van der Waals surface area contributed by atoms with E-state index in [2.05, 4.69) is 0 Å². The fourth-order valence-corrected chi connectivity index (χ4v) is 1.15. The third-order valence-corrected chi connectivity index (χ3v) is 1.88. The molecule has 0 N–H and O–H groups in total. The highest BCUT2D eigenvalue weighted by atomic mass is 19.1. The molecule has 0 unspecified atom stereocenters. The molecule has 0 aromatic heterocycles. The van der Waals surface area contributed by atoms with E-state index in [1.807, 2.05) is 26.0 Å². The van der Waals surface area contributed by atoms with E-state index in [0.717, 1.165) is 6.07 Å². The van der Waals surface area contributed by atoms with Gasteiger partial charge in [0.1, 0.15) is 18.1 Å². The summed E-state index contributed by atoms with van der Waals surface area (Å²) >= 11 is 0. The van der Waals surface area contributed by atoms with Crippen LogP contribution in [0.5, 0.6) is 0 Å². The van der Waals surface area contributed by atoms with Crippen LogP contribution < -0.4 is 0 Å². The molecule has 1 rings (SSSR count). The molecule has 18 heavy (non-hydrogen) atoms. The number of halogens is 1. The summed E-state index contributed by atoms with van der Waals surface area (Å²) in [7, 11) is 0. The van der Waals surface area contributed by atoms with Gasteiger partial charge in [0.05, 0.1) is 23.8 Å². The van der Waals surface area contributed by atoms with Crippen LogP contribution in [0.1, 0.15) is 31.9 Å². The molecule has 0 saturated heterocycles. The molecule has 0 atom stereocenters. The van der Waals surface area contributed by atoms with Crippen LogP contribution in [0.2, 0.25) is 0 Å². The molecule has 0 bridgehead atoms. The van der Waals surface area contributed by atoms with E-state index in [1.165, 1.54) is 18.4 Å². The van der Waals surface area contributed by atoms with Gasteiger partial charge in [0.25, 0.3) is 0 Å². The van der Waals surface area contributed by atoms with Crippen LogP contribution in [0.25, 0.3) is 5.57 Å². The zero-order chi connectivity index (χ0) is 14.0. The minimum atomic E-state index is -0.494. The van der Waals surface area contributed by atoms with Gasteiger partial charge in [0, 0.05) is 5.56 Å². The standard InChI is InChI=1S/C12H9FN2O.C2H6/c1-2-16-8-10(7-15)12-5-11(13)4-3-9(12)6-14;1-2/h3-5,8H,2H2,1H3;1-2H3/b10-8+;. The summed E-state index contributed by atoms with van der Waals surface area (Å²) < 4.78 is 18.0. The predicted molar refractivity (Wildman–Crippen MR) is 67.7 cm³/mol. The fraction of sp³-hybridized carbons (Fsp3) is 0.286. The van der Waals surface area contributed by atoms with Crippen molar-refractivity contribution in [2.45, 2.75) is 20.8 Å². The molecule has 0 amide bonds. The average Bonchev–Trinajstić information content (AvgIpc) is 2.42. The van der Waals surface area contributed by atoms with Crippen molar-refractivity contribution < 1.29 is 9.13 Å². The van der Waals surface area contributed by atoms with E-state index in [1.54, 1.807) is 6.92 Å². The molecule has 1 aromatic carbocycles. The molecule has 0 heterocycles. The normalized spacial score (nSPS) is 9.56. The van der Waals surface area contributed by atoms with Crippen molar-refractivity contribution in [2.24, 2.45) is 0 Å². The Bertz CT molecular complexity index is 495. The number of benzene rings is 1. The van der Waals surface area contributed by atoms with Crippen molar-refractivity contribution >= 4 is 5.57 Å². The number of nitriles is 2. The number of hydrogen-bond acceptors (Lipinski definition) is 3. The van der Waals surface area contributed by atoms with Crippen molar-refractivity contribution in [1.82, 2.24) is 0 Å². The van der Waals surface area contributed by atoms with Gasteiger partial charge in [-0.1, -0.05) is 13.8 Å².